The van der Waals surface area contributed by atoms with Gasteiger partial charge >= 0.3 is 0 Å². The van der Waals surface area contributed by atoms with Crippen LogP contribution in [-0.4, -0.2) is 28.5 Å². The van der Waals surface area contributed by atoms with E-state index in [1.807, 2.05) is 42.1 Å². The van der Waals surface area contributed by atoms with Crippen molar-refractivity contribution >= 4 is 5.91 Å². The highest BCUT2D eigenvalue weighted by molar-refractivity contribution is 5.76. The Morgan fingerprint density at radius 3 is 2.86 bits per heavy atom. The first-order valence-electron chi connectivity index (χ1n) is 9.36. The standard InChI is InChI=1S/C21H25N5O2/c1-4-5-10-21(24-25-21)11-9-20(27)23-16(2)17-7-8-19(28-3)18(14-17)15-26-13-6-12-22-26/h1,6-8,12-14,16H,5,9-11,15H2,2-3H3,(H,23,27). The molecule has 1 amide bonds. The number of aromatic nitrogens is 2. The van der Waals surface area contributed by atoms with Crippen LogP contribution in [0, 0.1) is 12.3 Å². The molecule has 0 saturated heterocycles. The van der Waals surface area contributed by atoms with E-state index in [9.17, 15) is 4.79 Å². The third kappa shape index (κ3) is 4.97. The zero-order chi connectivity index (χ0) is 20.0. The quantitative estimate of drug-likeness (QED) is 0.642. The molecule has 1 aromatic heterocycles. The molecule has 1 aliphatic rings. The molecule has 1 aliphatic heterocycles. The number of carbonyl (C=O) groups excluding carboxylic acids is 1. The monoisotopic (exact) mass is 379 g/mol. The molecule has 1 aromatic carbocycles. The third-order valence-corrected chi connectivity index (χ3v) is 4.88. The first-order valence-corrected chi connectivity index (χ1v) is 9.36. The second-order valence-electron chi connectivity index (χ2n) is 6.95. The summed E-state index contributed by atoms with van der Waals surface area (Å²) in [4.78, 5) is 12.4. The summed E-state index contributed by atoms with van der Waals surface area (Å²) in [6.07, 6.45) is 11.2. The minimum atomic E-state index is -0.427. The van der Waals surface area contributed by atoms with Crippen LogP contribution in [0.3, 0.4) is 0 Å². The van der Waals surface area contributed by atoms with Gasteiger partial charge in [0.15, 0.2) is 5.66 Å². The summed E-state index contributed by atoms with van der Waals surface area (Å²) >= 11 is 0. The van der Waals surface area contributed by atoms with Crippen molar-refractivity contribution in [2.45, 2.75) is 50.9 Å². The van der Waals surface area contributed by atoms with Gasteiger partial charge in [-0.05, 0) is 30.7 Å². The summed E-state index contributed by atoms with van der Waals surface area (Å²) < 4.78 is 7.30. The topological polar surface area (TPSA) is 80.9 Å². The molecule has 2 heterocycles. The van der Waals surface area contributed by atoms with Crippen molar-refractivity contribution in [3.8, 4) is 18.1 Å². The van der Waals surface area contributed by atoms with Crippen molar-refractivity contribution in [3.05, 3.63) is 47.8 Å². The highest BCUT2D eigenvalue weighted by atomic mass is 16.5. The minimum Gasteiger partial charge on any atom is -0.496 e. The van der Waals surface area contributed by atoms with Gasteiger partial charge in [-0.2, -0.15) is 15.3 Å². The van der Waals surface area contributed by atoms with Crippen LogP contribution in [0.2, 0.25) is 0 Å². The molecule has 1 N–H and O–H groups in total. The van der Waals surface area contributed by atoms with Crippen molar-refractivity contribution in [1.82, 2.24) is 15.1 Å². The van der Waals surface area contributed by atoms with Crippen molar-refractivity contribution in [2.24, 2.45) is 10.2 Å². The Bertz CT molecular complexity index is 877. The second kappa shape index (κ2) is 8.70. The van der Waals surface area contributed by atoms with Crippen LogP contribution in [0.25, 0.3) is 0 Å². The summed E-state index contributed by atoms with van der Waals surface area (Å²) in [5.74, 6) is 3.38. The maximum atomic E-state index is 12.4. The van der Waals surface area contributed by atoms with Crippen LogP contribution in [0.1, 0.15) is 49.8 Å². The highest BCUT2D eigenvalue weighted by Crippen LogP contribution is 2.37. The molecule has 0 bridgehead atoms. The number of nitrogens with zero attached hydrogens (tertiary/aromatic N) is 4. The van der Waals surface area contributed by atoms with Crippen molar-refractivity contribution in [3.63, 3.8) is 0 Å². The van der Waals surface area contributed by atoms with E-state index in [0.717, 1.165) is 16.9 Å². The maximum absolute atomic E-state index is 12.4. The predicted octanol–water partition coefficient (Wildman–Crippen LogP) is 3.47. The van der Waals surface area contributed by atoms with E-state index < -0.39 is 5.66 Å². The van der Waals surface area contributed by atoms with Gasteiger partial charge in [-0.25, -0.2) is 0 Å². The third-order valence-electron chi connectivity index (χ3n) is 4.88. The molecular formula is C21H25N5O2. The average molecular weight is 379 g/mol. The number of rotatable bonds is 10. The van der Waals surface area contributed by atoms with Crippen molar-refractivity contribution in [2.75, 3.05) is 7.11 Å². The smallest absolute Gasteiger partial charge is 0.220 e. The van der Waals surface area contributed by atoms with Crippen LogP contribution < -0.4 is 10.1 Å². The number of ether oxygens (including phenoxy) is 1. The number of benzene rings is 1. The molecular weight excluding hydrogens is 354 g/mol. The summed E-state index contributed by atoms with van der Waals surface area (Å²) in [6, 6.07) is 7.70. The van der Waals surface area contributed by atoms with Gasteiger partial charge in [-0.3, -0.25) is 9.48 Å². The average Bonchev–Trinajstić information content (AvgIpc) is 3.29. The number of hydrogen-bond acceptors (Lipinski definition) is 5. The van der Waals surface area contributed by atoms with Crippen LogP contribution in [0.4, 0.5) is 0 Å². The van der Waals surface area contributed by atoms with Crippen molar-refractivity contribution < 1.29 is 9.53 Å². The fraction of sp³-hybridized carbons (Fsp3) is 0.429. The molecule has 0 saturated carbocycles. The van der Waals surface area contributed by atoms with Crippen LogP contribution in [0.15, 0.2) is 46.9 Å². The Balaban J connectivity index is 1.58. The van der Waals surface area contributed by atoms with Crippen LogP contribution in [-0.2, 0) is 11.3 Å². The van der Waals surface area contributed by atoms with Gasteiger partial charge < -0.3 is 10.1 Å². The van der Waals surface area contributed by atoms with Crippen LogP contribution >= 0.6 is 0 Å². The summed E-state index contributed by atoms with van der Waals surface area (Å²) in [5, 5.41) is 15.4. The largest absolute Gasteiger partial charge is 0.496 e. The first-order chi connectivity index (χ1) is 13.5. The second-order valence-corrected chi connectivity index (χ2v) is 6.95. The lowest BCUT2D eigenvalue weighted by Gasteiger charge is -2.18. The van der Waals surface area contributed by atoms with Gasteiger partial charge in [0.05, 0.1) is 19.7 Å². The van der Waals surface area contributed by atoms with E-state index >= 15 is 0 Å². The van der Waals surface area contributed by atoms with E-state index in [0.29, 0.717) is 32.2 Å². The van der Waals surface area contributed by atoms with E-state index in [1.54, 1.807) is 13.3 Å². The molecule has 0 radical (unpaired) electrons. The Kier molecular flexibility index (Phi) is 6.09. The normalized spacial score (nSPS) is 14.9. The minimum absolute atomic E-state index is 0.0191. The fourth-order valence-electron chi connectivity index (χ4n) is 3.14. The number of nitrogens with one attached hydrogen (secondary N) is 1. The molecule has 7 heteroatoms. The molecule has 0 fully saturated rings. The molecule has 0 spiro atoms. The number of amides is 1. The Morgan fingerprint density at radius 1 is 1.39 bits per heavy atom. The zero-order valence-corrected chi connectivity index (χ0v) is 16.3. The zero-order valence-electron chi connectivity index (χ0n) is 16.3. The molecule has 146 valence electrons. The lowest BCUT2D eigenvalue weighted by atomic mass is 10.0. The lowest BCUT2D eigenvalue weighted by molar-refractivity contribution is -0.122. The summed E-state index contributed by atoms with van der Waals surface area (Å²) in [6.45, 7) is 2.57. The molecule has 1 unspecified atom stereocenters. The number of hydrogen-bond donors (Lipinski definition) is 1. The first kappa shape index (κ1) is 19.6. The van der Waals surface area contributed by atoms with E-state index in [-0.39, 0.29) is 11.9 Å². The van der Waals surface area contributed by atoms with Gasteiger partial charge in [0.25, 0.3) is 0 Å². The molecule has 1 atom stereocenters. The fourth-order valence-corrected chi connectivity index (χ4v) is 3.14. The van der Waals surface area contributed by atoms with Gasteiger partial charge in [-0.1, -0.05) is 6.07 Å². The molecule has 0 aliphatic carbocycles. The van der Waals surface area contributed by atoms with Gasteiger partial charge in [-0.15, -0.1) is 12.3 Å². The SMILES string of the molecule is C#CCCC1(CCC(=O)NC(C)c2ccc(OC)c(Cn3cccn3)c2)N=N1. The number of carbonyl (C=O) groups is 1. The summed E-state index contributed by atoms with van der Waals surface area (Å²) in [5.41, 5.74) is 1.59. The van der Waals surface area contributed by atoms with Gasteiger partial charge in [0, 0.05) is 43.6 Å². The molecule has 3 rings (SSSR count). The van der Waals surface area contributed by atoms with E-state index in [4.69, 9.17) is 11.2 Å². The molecule has 7 nitrogen and oxygen atoms in total. The summed E-state index contributed by atoms with van der Waals surface area (Å²) in [7, 11) is 1.65. The highest BCUT2D eigenvalue weighted by Gasteiger charge is 2.39. The lowest BCUT2D eigenvalue weighted by Crippen LogP contribution is -2.28. The Hall–Kier alpha value is -3.14. The van der Waals surface area contributed by atoms with Crippen LogP contribution in [0.5, 0.6) is 5.75 Å². The number of terminal acetylenes is 1. The van der Waals surface area contributed by atoms with E-state index in [2.05, 4.69) is 26.6 Å². The Labute approximate surface area is 165 Å². The van der Waals surface area contributed by atoms with Gasteiger partial charge in [0.1, 0.15) is 5.75 Å². The predicted molar refractivity (Wildman–Crippen MR) is 106 cm³/mol. The number of methoxy groups -OCH3 is 1. The Morgan fingerprint density at radius 2 is 2.21 bits per heavy atom. The maximum Gasteiger partial charge on any atom is 0.220 e. The molecule has 28 heavy (non-hydrogen) atoms. The van der Waals surface area contributed by atoms with E-state index in [1.165, 1.54) is 0 Å². The van der Waals surface area contributed by atoms with Gasteiger partial charge in [0.2, 0.25) is 5.91 Å². The molecule has 2 aromatic rings. The van der Waals surface area contributed by atoms with Crippen molar-refractivity contribution in [1.29, 1.82) is 0 Å².